The monoisotopic (exact) mass is 413 g/mol. The van der Waals surface area contributed by atoms with Crippen molar-refractivity contribution < 1.29 is 14.6 Å². The first-order valence-electron chi connectivity index (χ1n) is 12.2. The number of unbranched alkanes of at least 4 members (excludes halogenated alkanes) is 2. The number of benzene rings is 1. The Labute approximate surface area is 181 Å². The van der Waals surface area contributed by atoms with Crippen LogP contribution in [-0.4, -0.2) is 23.8 Å². The van der Waals surface area contributed by atoms with Crippen molar-refractivity contribution in [2.24, 2.45) is 23.2 Å². The quantitative estimate of drug-likeness (QED) is 0.548. The smallest absolute Gasteiger partial charge is 0.407 e. The fraction of sp³-hybridized carbons (Fsp3) is 0.731. The van der Waals surface area contributed by atoms with Crippen LogP contribution in [0.4, 0.5) is 4.79 Å². The van der Waals surface area contributed by atoms with E-state index in [9.17, 15) is 9.90 Å². The molecule has 2 saturated carbocycles. The van der Waals surface area contributed by atoms with Gasteiger partial charge in [-0.05, 0) is 85.5 Å². The second-order valence-electron chi connectivity index (χ2n) is 10.2. The van der Waals surface area contributed by atoms with Crippen molar-refractivity contribution in [3.8, 4) is 5.75 Å². The molecule has 3 aliphatic rings. The number of phenols is 1. The molecule has 3 unspecified atom stereocenters. The highest BCUT2D eigenvalue weighted by Gasteiger charge is 2.58. The largest absolute Gasteiger partial charge is 0.508 e. The zero-order valence-electron chi connectivity index (χ0n) is 19.0. The zero-order valence-corrected chi connectivity index (χ0v) is 19.0. The Morgan fingerprint density at radius 1 is 1.23 bits per heavy atom. The molecular formula is C26H39NO3. The number of carbonyl (C=O) groups excluding carboxylic acids is 1. The number of alkyl carbamates (subject to hydrolysis) is 1. The van der Waals surface area contributed by atoms with Gasteiger partial charge < -0.3 is 15.2 Å². The topological polar surface area (TPSA) is 58.6 Å². The van der Waals surface area contributed by atoms with Crippen LogP contribution in [0.2, 0.25) is 0 Å². The van der Waals surface area contributed by atoms with Crippen LogP contribution in [0.1, 0.15) is 89.2 Å². The zero-order chi connectivity index (χ0) is 21.3. The van der Waals surface area contributed by atoms with Crippen LogP contribution in [-0.2, 0) is 11.2 Å². The Morgan fingerprint density at radius 2 is 2.07 bits per heavy atom. The van der Waals surface area contributed by atoms with Gasteiger partial charge in [-0.1, -0.05) is 46.1 Å². The van der Waals surface area contributed by atoms with E-state index in [1.54, 1.807) is 0 Å². The van der Waals surface area contributed by atoms with Crippen LogP contribution in [0.3, 0.4) is 0 Å². The van der Waals surface area contributed by atoms with E-state index in [1.807, 2.05) is 12.1 Å². The minimum atomic E-state index is -0.225. The maximum atomic E-state index is 12.4. The Hall–Kier alpha value is -1.71. The van der Waals surface area contributed by atoms with E-state index in [1.165, 1.54) is 17.5 Å². The standard InChI is InChI=1S/C26H39NO3/c1-4-6-7-14-27-25(29)30-23-11-10-22-24-17(5-2)15-18-16-19(28)8-9-20(18)21(24)12-13-26(22,23)3/h8-9,16-17,21-24,28H,4-7,10-15H2,1-3H3,(H,27,29)/t17-,21?,22?,23-,24?,26-/m0/s1. The number of fused-ring (bicyclic) bond motifs is 5. The molecular weight excluding hydrogens is 374 g/mol. The minimum Gasteiger partial charge on any atom is -0.508 e. The van der Waals surface area contributed by atoms with Crippen LogP contribution in [0.25, 0.3) is 0 Å². The summed E-state index contributed by atoms with van der Waals surface area (Å²) in [6.45, 7) is 7.58. The van der Waals surface area contributed by atoms with E-state index in [0.717, 1.165) is 51.4 Å². The second kappa shape index (κ2) is 8.80. The number of carbonyl (C=O) groups is 1. The van der Waals surface area contributed by atoms with Crippen molar-refractivity contribution >= 4 is 6.09 Å². The molecule has 4 nitrogen and oxygen atoms in total. The molecule has 0 aromatic heterocycles. The van der Waals surface area contributed by atoms with Crippen LogP contribution in [0, 0.1) is 23.2 Å². The van der Waals surface area contributed by atoms with Gasteiger partial charge in [0.05, 0.1) is 0 Å². The number of rotatable bonds is 6. The van der Waals surface area contributed by atoms with Gasteiger partial charge >= 0.3 is 6.09 Å². The molecule has 1 aromatic carbocycles. The fourth-order valence-electron chi connectivity index (χ4n) is 7.06. The average Bonchev–Trinajstić information content (AvgIpc) is 3.06. The van der Waals surface area contributed by atoms with Crippen LogP contribution in [0.15, 0.2) is 18.2 Å². The second-order valence-corrected chi connectivity index (χ2v) is 10.2. The molecule has 166 valence electrons. The number of hydrogen-bond donors (Lipinski definition) is 2. The van der Waals surface area contributed by atoms with Crippen molar-refractivity contribution in [2.75, 3.05) is 6.54 Å². The molecule has 0 saturated heterocycles. The Morgan fingerprint density at radius 3 is 2.83 bits per heavy atom. The highest BCUT2D eigenvalue weighted by Crippen LogP contribution is 2.63. The van der Waals surface area contributed by atoms with E-state index in [2.05, 4.69) is 32.2 Å². The van der Waals surface area contributed by atoms with Gasteiger partial charge in [-0.25, -0.2) is 4.79 Å². The molecule has 30 heavy (non-hydrogen) atoms. The van der Waals surface area contributed by atoms with Crippen molar-refractivity contribution in [1.29, 1.82) is 0 Å². The molecule has 1 amide bonds. The lowest BCUT2D eigenvalue weighted by Gasteiger charge is -2.53. The molecule has 0 radical (unpaired) electrons. The van der Waals surface area contributed by atoms with Crippen LogP contribution >= 0.6 is 0 Å². The average molecular weight is 414 g/mol. The summed E-state index contributed by atoms with van der Waals surface area (Å²) < 4.78 is 6.01. The van der Waals surface area contributed by atoms with Gasteiger partial charge in [0.2, 0.25) is 0 Å². The third-order valence-electron chi connectivity index (χ3n) is 8.62. The van der Waals surface area contributed by atoms with E-state index in [0.29, 0.717) is 36.0 Å². The van der Waals surface area contributed by atoms with E-state index in [-0.39, 0.29) is 17.6 Å². The summed E-state index contributed by atoms with van der Waals surface area (Å²) in [4.78, 5) is 12.4. The number of amides is 1. The first kappa shape index (κ1) is 21.5. The molecule has 3 aliphatic carbocycles. The molecule has 4 rings (SSSR count). The van der Waals surface area contributed by atoms with Crippen molar-refractivity contribution in [3.63, 3.8) is 0 Å². The molecule has 6 atom stereocenters. The normalized spacial score (nSPS) is 34.6. The molecule has 0 aliphatic heterocycles. The van der Waals surface area contributed by atoms with Gasteiger partial charge in [0.25, 0.3) is 0 Å². The minimum absolute atomic E-state index is 0.0355. The number of nitrogens with one attached hydrogen (secondary N) is 1. The Balaban J connectivity index is 1.49. The lowest BCUT2D eigenvalue weighted by Crippen LogP contribution is -2.48. The summed E-state index contributed by atoms with van der Waals surface area (Å²) in [6.07, 6.45) is 9.79. The van der Waals surface area contributed by atoms with E-state index >= 15 is 0 Å². The molecule has 4 heteroatoms. The predicted octanol–water partition coefficient (Wildman–Crippen LogP) is 6.17. The lowest BCUT2D eigenvalue weighted by molar-refractivity contribution is -0.0450. The number of phenolic OH excluding ortho intramolecular Hbond substituents is 1. The number of aromatic hydroxyl groups is 1. The first-order chi connectivity index (χ1) is 14.5. The van der Waals surface area contributed by atoms with Gasteiger partial charge in [-0.3, -0.25) is 0 Å². The van der Waals surface area contributed by atoms with E-state index < -0.39 is 0 Å². The highest BCUT2D eigenvalue weighted by molar-refractivity contribution is 5.67. The Kier molecular flexibility index (Phi) is 6.31. The van der Waals surface area contributed by atoms with Gasteiger partial charge in [0.15, 0.2) is 0 Å². The summed E-state index contributed by atoms with van der Waals surface area (Å²) in [5.74, 6) is 2.89. The van der Waals surface area contributed by atoms with Crippen molar-refractivity contribution in [3.05, 3.63) is 29.3 Å². The first-order valence-corrected chi connectivity index (χ1v) is 12.2. The third kappa shape index (κ3) is 3.83. The van der Waals surface area contributed by atoms with Gasteiger partial charge in [-0.15, -0.1) is 0 Å². The van der Waals surface area contributed by atoms with Gasteiger partial charge in [0.1, 0.15) is 11.9 Å². The summed E-state index contributed by atoms with van der Waals surface area (Å²) in [7, 11) is 0. The maximum Gasteiger partial charge on any atom is 0.407 e. The van der Waals surface area contributed by atoms with E-state index in [4.69, 9.17) is 4.74 Å². The Bertz CT molecular complexity index is 763. The predicted molar refractivity (Wildman–Crippen MR) is 120 cm³/mol. The van der Waals surface area contributed by atoms with Crippen molar-refractivity contribution in [1.82, 2.24) is 5.32 Å². The third-order valence-corrected chi connectivity index (χ3v) is 8.62. The lowest BCUT2D eigenvalue weighted by atomic mass is 9.52. The summed E-state index contributed by atoms with van der Waals surface area (Å²) in [5.41, 5.74) is 2.90. The fourth-order valence-corrected chi connectivity index (χ4v) is 7.06. The molecule has 2 N–H and O–H groups in total. The summed E-state index contributed by atoms with van der Waals surface area (Å²) in [5, 5.41) is 13.0. The summed E-state index contributed by atoms with van der Waals surface area (Å²) in [6, 6.07) is 6.02. The van der Waals surface area contributed by atoms with Gasteiger partial charge in [-0.2, -0.15) is 0 Å². The van der Waals surface area contributed by atoms with Crippen LogP contribution < -0.4 is 5.32 Å². The van der Waals surface area contributed by atoms with Gasteiger partial charge in [0, 0.05) is 12.0 Å². The molecule has 0 bridgehead atoms. The number of hydrogen-bond acceptors (Lipinski definition) is 3. The molecule has 2 fully saturated rings. The highest BCUT2D eigenvalue weighted by atomic mass is 16.6. The molecule has 1 aromatic rings. The molecule has 0 heterocycles. The summed E-state index contributed by atoms with van der Waals surface area (Å²) >= 11 is 0. The van der Waals surface area contributed by atoms with Crippen LogP contribution in [0.5, 0.6) is 5.75 Å². The number of ether oxygens (including phenoxy) is 1. The maximum absolute atomic E-state index is 12.4. The van der Waals surface area contributed by atoms with Crippen molar-refractivity contribution in [2.45, 2.75) is 90.6 Å². The molecule has 0 spiro atoms. The SMILES string of the molecule is CCCCCNC(=O)O[C@H]1CCC2C3C(CC[C@@]21C)c1ccc(O)cc1C[C@@H]3CC.